The maximum Gasteiger partial charge on any atom is 0.0419 e. The highest BCUT2D eigenvalue weighted by Gasteiger charge is 2.44. The van der Waals surface area contributed by atoms with Crippen molar-refractivity contribution >= 4 is 5.97 Å². The van der Waals surface area contributed by atoms with E-state index >= 15 is 0 Å². The van der Waals surface area contributed by atoms with Crippen LogP contribution in [0.3, 0.4) is 0 Å². The SMILES string of the molecule is CC1(CC(=O)[O-])CC2C=CC1C2. The van der Waals surface area contributed by atoms with E-state index < -0.39 is 5.97 Å². The Kier molecular flexibility index (Phi) is 1.53. The third-order valence-corrected chi connectivity index (χ3v) is 3.34. The van der Waals surface area contributed by atoms with Crippen molar-refractivity contribution in [2.75, 3.05) is 0 Å². The van der Waals surface area contributed by atoms with Gasteiger partial charge in [-0.15, -0.1) is 0 Å². The Morgan fingerprint density at radius 3 is 2.83 bits per heavy atom. The molecule has 1 saturated carbocycles. The van der Waals surface area contributed by atoms with Crippen molar-refractivity contribution in [3.05, 3.63) is 12.2 Å². The van der Waals surface area contributed by atoms with Gasteiger partial charge in [-0.25, -0.2) is 0 Å². The number of carbonyl (C=O) groups is 1. The molecule has 0 saturated heterocycles. The third-order valence-electron chi connectivity index (χ3n) is 3.34. The highest BCUT2D eigenvalue weighted by Crippen LogP contribution is 2.53. The molecular formula is C10H13O2-. The van der Waals surface area contributed by atoms with Crippen molar-refractivity contribution in [3.63, 3.8) is 0 Å². The van der Waals surface area contributed by atoms with Crippen LogP contribution in [0.2, 0.25) is 0 Å². The van der Waals surface area contributed by atoms with E-state index in [-0.39, 0.29) is 11.8 Å². The molecule has 2 nitrogen and oxygen atoms in total. The predicted molar refractivity (Wildman–Crippen MR) is 43.1 cm³/mol. The molecule has 12 heavy (non-hydrogen) atoms. The van der Waals surface area contributed by atoms with Crippen LogP contribution in [-0.4, -0.2) is 5.97 Å². The number of carbonyl (C=O) groups excluding carboxylic acids is 1. The summed E-state index contributed by atoms with van der Waals surface area (Å²) in [6, 6.07) is 0. The number of allylic oxidation sites excluding steroid dienone is 2. The van der Waals surface area contributed by atoms with E-state index in [2.05, 4.69) is 19.1 Å². The van der Waals surface area contributed by atoms with Crippen molar-refractivity contribution in [1.29, 1.82) is 0 Å². The number of carboxylic acid groups (broad SMARTS) is 1. The molecule has 2 heteroatoms. The molecule has 2 bridgehead atoms. The molecule has 0 N–H and O–H groups in total. The number of hydrogen-bond donors (Lipinski definition) is 0. The molecule has 3 atom stereocenters. The van der Waals surface area contributed by atoms with Crippen LogP contribution >= 0.6 is 0 Å². The topological polar surface area (TPSA) is 40.1 Å². The quantitative estimate of drug-likeness (QED) is 0.566. The molecule has 0 aliphatic heterocycles. The second kappa shape index (κ2) is 2.35. The molecule has 66 valence electrons. The molecule has 0 aromatic heterocycles. The fraction of sp³-hybridized carbons (Fsp3) is 0.700. The van der Waals surface area contributed by atoms with Crippen LogP contribution in [0, 0.1) is 17.3 Å². The lowest BCUT2D eigenvalue weighted by Gasteiger charge is -2.31. The first kappa shape index (κ1) is 7.84. The Morgan fingerprint density at radius 1 is 1.67 bits per heavy atom. The van der Waals surface area contributed by atoms with Crippen LogP contribution < -0.4 is 5.11 Å². The van der Waals surface area contributed by atoms with Gasteiger partial charge in [0.05, 0.1) is 0 Å². The summed E-state index contributed by atoms with van der Waals surface area (Å²) in [5.41, 5.74) is -0.0156. The van der Waals surface area contributed by atoms with Gasteiger partial charge in [0.1, 0.15) is 0 Å². The van der Waals surface area contributed by atoms with Gasteiger partial charge in [0.25, 0.3) is 0 Å². The van der Waals surface area contributed by atoms with Crippen LogP contribution in [-0.2, 0) is 4.79 Å². The molecule has 0 heterocycles. The number of hydrogen-bond acceptors (Lipinski definition) is 2. The average Bonchev–Trinajstić information content (AvgIpc) is 2.42. The zero-order valence-corrected chi connectivity index (χ0v) is 7.25. The molecule has 0 aromatic rings. The van der Waals surface area contributed by atoms with Crippen molar-refractivity contribution in [2.45, 2.75) is 26.2 Å². The summed E-state index contributed by atoms with van der Waals surface area (Å²) in [6.45, 7) is 2.07. The first-order chi connectivity index (χ1) is 5.60. The van der Waals surface area contributed by atoms with E-state index in [1.54, 1.807) is 0 Å². The molecule has 2 rings (SSSR count). The highest BCUT2D eigenvalue weighted by molar-refractivity contribution is 5.65. The van der Waals surface area contributed by atoms with Gasteiger partial charge < -0.3 is 9.90 Å². The van der Waals surface area contributed by atoms with E-state index in [1.807, 2.05) is 0 Å². The number of fused-ring (bicyclic) bond motifs is 2. The number of carboxylic acids is 1. The number of aliphatic carboxylic acids is 1. The lowest BCUT2D eigenvalue weighted by Crippen LogP contribution is -2.33. The second-order valence-corrected chi connectivity index (χ2v) is 4.39. The minimum absolute atomic E-state index is 0.0156. The molecule has 0 amide bonds. The highest BCUT2D eigenvalue weighted by atomic mass is 16.4. The first-order valence-corrected chi connectivity index (χ1v) is 4.48. The Bertz CT molecular complexity index is 244. The van der Waals surface area contributed by atoms with Gasteiger partial charge >= 0.3 is 0 Å². The van der Waals surface area contributed by atoms with Crippen molar-refractivity contribution < 1.29 is 9.90 Å². The monoisotopic (exact) mass is 165 g/mol. The van der Waals surface area contributed by atoms with Crippen LogP contribution in [0.4, 0.5) is 0 Å². The summed E-state index contributed by atoms with van der Waals surface area (Å²) < 4.78 is 0. The summed E-state index contributed by atoms with van der Waals surface area (Å²) in [7, 11) is 0. The van der Waals surface area contributed by atoms with Gasteiger partial charge in [0.2, 0.25) is 0 Å². The standard InChI is InChI=1S/C10H14O2/c1-10(6-9(11)12)5-7-2-3-8(10)4-7/h2-3,7-8H,4-6H2,1H3,(H,11,12)/p-1. The maximum atomic E-state index is 10.5. The molecule has 0 radical (unpaired) electrons. The largest absolute Gasteiger partial charge is 0.550 e. The fourth-order valence-corrected chi connectivity index (χ4v) is 2.73. The normalized spacial score (nSPS) is 43.8. The fourth-order valence-electron chi connectivity index (χ4n) is 2.73. The Morgan fingerprint density at radius 2 is 2.42 bits per heavy atom. The van der Waals surface area contributed by atoms with Gasteiger partial charge in [-0.1, -0.05) is 19.1 Å². The van der Waals surface area contributed by atoms with Crippen LogP contribution in [0.5, 0.6) is 0 Å². The summed E-state index contributed by atoms with van der Waals surface area (Å²) >= 11 is 0. The van der Waals surface area contributed by atoms with Crippen LogP contribution in [0.25, 0.3) is 0 Å². The minimum atomic E-state index is -0.904. The Labute approximate surface area is 72.3 Å². The molecule has 1 fully saturated rings. The lowest BCUT2D eigenvalue weighted by molar-refractivity contribution is -0.308. The van der Waals surface area contributed by atoms with Crippen molar-refractivity contribution in [1.82, 2.24) is 0 Å². The van der Waals surface area contributed by atoms with E-state index in [0.29, 0.717) is 11.8 Å². The summed E-state index contributed by atoms with van der Waals surface area (Å²) in [6.07, 6.45) is 6.81. The maximum absolute atomic E-state index is 10.5. The summed E-state index contributed by atoms with van der Waals surface area (Å²) in [5.74, 6) is 0.221. The second-order valence-electron chi connectivity index (χ2n) is 4.39. The predicted octanol–water partition coefficient (Wildman–Crippen LogP) is 0.729. The van der Waals surface area contributed by atoms with E-state index in [4.69, 9.17) is 0 Å². The van der Waals surface area contributed by atoms with Gasteiger partial charge in [-0.2, -0.15) is 0 Å². The smallest absolute Gasteiger partial charge is 0.0419 e. The van der Waals surface area contributed by atoms with Gasteiger partial charge in [0.15, 0.2) is 0 Å². The zero-order valence-electron chi connectivity index (χ0n) is 7.25. The summed E-state index contributed by atoms with van der Waals surface area (Å²) in [5, 5.41) is 10.5. The summed E-state index contributed by atoms with van der Waals surface area (Å²) in [4.78, 5) is 10.5. The zero-order chi connectivity index (χ0) is 8.77. The van der Waals surface area contributed by atoms with Crippen LogP contribution in [0.15, 0.2) is 12.2 Å². The van der Waals surface area contributed by atoms with Gasteiger partial charge in [-0.05, 0) is 36.5 Å². The molecule has 0 aromatic carbocycles. The molecule has 0 spiro atoms. The van der Waals surface area contributed by atoms with Gasteiger partial charge in [0, 0.05) is 5.97 Å². The number of rotatable bonds is 2. The Hall–Kier alpha value is -0.790. The molecule has 3 unspecified atom stereocenters. The minimum Gasteiger partial charge on any atom is -0.550 e. The third kappa shape index (κ3) is 1.06. The van der Waals surface area contributed by atoms with E-state index in [9.17, 15) is 9.90 Å². The first-order valence-electron chi connectivity index (χ1n) is 4.48. The van der Waals surface area contributed by atoms with Crippen LogP contribution in [0.1, 0.15) is 26.2 Å². The van der Waals surface area contributed by atoms with Gasteiger partial charge in [-0.3, -0.25) is 0 Å². The Balaban J connectivity index is 2.13. The molecule has 2 aliphatic rings. The molecule has 2 aliphatic carbocycles. The van der Waals surface area contributed by atoms with Crippen molar-refractivity contribution in [3.8, 4) is 0 Å². The average molecular weight is 165 g/mol. The molecular weight excluding hydrogens is 152 g/mol. The van der Waals surface area contributed by atoms with Crippen molar-refractivity contribution in [2.24, 2.45) is 17.3 Å². The lowest BCUT2D eigenvalue weighted by atomic mass is 9.75. The van der Waals surface area contributed by atoms with E-state index in [1.165, 1.54) is 0 Å². The van der Waals surface area contributed by atoms with E-state index in [0.717, 1.165) is 12.8 Å².